The highest BCUT2D eigenvalue weighted by Gasteiger charge is 2.23. The normalized spacial score (nSPS) is 18.9. The molecule has 0 bridgehead atoms. The summed E-state index contributed by atoms with van der Waals surface area (Å²) in [5, 5.41) is 6.50. The molecule has 6 heteroatoms. The highest BCUT2D eigenvalue weighted by molar-refractivity contribution is 7.13. The molecular weight excluding hydrogens is 286 g/mol. The van der Waals surface area contributed by atoms with Gasteiger partial charge in [0.25, 0.3) is 0 Å². The van der Waals surface area contributed by atoms with Crippen molar-refractivity contribution in [3.63, 3.8) is 0 Å². The van der Waals surface area contributed by atoms with Crippen molar-refractivity contribution in [2.24, 2.45) is 0 Å². The molecule has 0 spiro atoms. The molecule has 5 nitrogen and oxygen atoms in total. The minimum Gasteiger partial charge on any atom is -0.375 e. The van der Waals surface area contributed by atoms with E-state index in [9.17, 15) is 4.79 Å². The number of nitrogens with zero attached hydrogens (tertiary/aromatic N) is 3. The maximum Gasteiger partial charge on any atom is 0.244 e. The van der Waals surface area contributed by atoms with Crippen molar-refractivity contribution in [1.29, 1.82) is 0 Å². The van der Waals surface area contributed by atoms with Crippen molar-refractivity contribution in [3.8, 4) is 10.6 Å². The third-order valence-electron chi connectivity index (χ3n) is 3.66. The van der Waals surface area contributed by atoms with Crippen molar-refractivity contribution in [2.75, 3.05) is 19.7 Å². The zero-order valence-corrected chi connectivity index (χ0v) is 12.9. The van der Waals surface area contributed by atoms with Gasteiger partial charge in [-0.2, -0.15) is 5.10 Å². The molecule has 2 aromatic rings. The quantitative estimate of drug-likeness (QED) is 0.870. The number of carbonyl (C=O) groups is 1. The topological polar surface area (TPSA) is 47.4 Å². The van der Waals surface area contributed by atoms with Crippen LogP contribution in [-0.4, -0.2) is 46.4 Å². The average molecular weight is 305 g/mol. The number of ether oxygens (including phenoxy) is 1. The van der Waals surface area contributed by atoms with E-state index in [1.165, 1.54) is 0 Å². The Kier molecular flexibility index (Phi) is 4.36. The van der Waals surface area contributed by atoms with Gasteiger partial charge < -0.3 is 9.64 Å². The molecule has 0 saturated carbocycles. The molecule has 1 atom stereocenters. The number of hydrogen-bond acceptors (Lipinski definition) is 4. The Hall–Kier alpha value is -1.66. The van der Waals surface area contributed by atoms with Crippen LogP contribution in [0.3, 0.4) is 0 Å². The SMILES string of the molecule is CC[C@H]1CN(C(=O)Cn2ccc(-c3cccs3)n2)CCO1. The van der Waals surface area contributed by atoms with Gasteiger partial charge in [0.2, 0.25) is 5.91 Å². The first kappa shape index (κ1) is 14.3. The average Bonchev–Trinajstić information content (AvgIpc) is 3.18. The molecule has 1 fully saturated rings. The van der Waals surface area contributed by atoms with E-state index in [-0.39, 0.29) is 12.0 Å². The maximum atomic E-state index is 12.3. The number of carbonyl (C=O) groups excluding carboxylic acids is 1. The Balaban J connectivity index is 1.62. The first-order chi connectivity index (χ1) is 10.3. The molecule has 1 amide bonds. The third kappa shape index (κ3) is 3.33. The molecular formula is C15H19N3O2S. The lowest BCUT2D eigenvalue weighted by molar-refractivity contribution is -0.139. The van der Waals surface area contributed by atoms with Crippen LogP contribution in [-0.2, 0) is 16.1 Å². The van der Waals surface area contributed by atoms with E-state index in [1.54, 1.807) is 16.0 Å². The van der Waals surface area contributed by atoms with E-state index in [2.05, 4.69) is 12.0 Å². The number of amides is 1. The molecule has 0 N–H and O–H groups in total. The Morgan fingerprint density at radius 2 is 2.43 bits per heavy atom. The molecule has 0 unspecified atom stereocenters. The number of morpholine rings is 1. The van der Waals surface area contributed by atoms with Gasteiger partial charge in [0.05, 0.1) is 17.6 Å². The van der Waals surface area contributed by atoms with E-state index in [4.69, 9.17) is 4.74 Å². The lowest BCUT2D eigenvalue weighted by atomic mass is 10.2. The summed E-state index contributed by atoms with van der Waals surface area (Å²) in [4.78, 5) is 15.3. The fraction of sp³-hybridized carbons (Fsp3) is 0.467. The fourth-order valence-electron chi connectivity index (χ4n) is 2.44. The monoisotopic (exact) mass is 305 g/mol. The Morgan fingerprint density at radius 3 is 3.19 bits per heavy atom. The summed E-state index contributed by atoms with van der Waals surface area (Å²) in [5.41, 5.74) is 0.922. The van der Waals surface area contributed by atoms with E-state index >= 15 is 0 Å². The van der Waals surface area contributed by atoms with Gasteiger partial charge in [-0.3, -0.25) is 9.48 Å². The Labute approximate surface area is 128 Å². The molecule has 1 saturated heterocycles. The number of rotatable bonds is 4. The van der Waals surface area contributed by atoms with Crippen molar-refractivity contribution >= 4 is 17.2 Å². The van der Waals surface area contributed by atoms with Gasteiger partial charge in [0, 0.05) is 19.3 Å². The van der Waals surface area contributed by atoms with Gasteiger partial charge in [0.1, 0.15) is 12.2 Å². The summed E-state index contributed by atoms with van der Waals surface area (Å²) in [6, 6.07) is 5.99. The van der Waals surface area contributed by atoms with Crippen molar-refractivity contribution in [3.05, 3.63) is 29.8 Å². The molecule has 0 aromatic carbocycles. The van der Waals surface area contributed by atoms with Crippen LogP contribution in [0.5, 0.6) is 0 Å². The van der Waals surface area contributed by atoms with Gasteiger partial charge >= 0.3 is 0 Å². The zero-order valence-electron chi connectivity index (χ0n) is 12.1. The third-order valence-corrected chi connectivity index (χ3v) is 4.55. The van der Waals surface area contributed by atoms with Crippen molar-refractivity contribution < 1.29 is 9.53 Å². The first-order valence-corrected chi connectivity index (χ1v) is 8.11. The molecule has 21 heavy (non-hydrogen) atoms. The molecule has 0 aliphatic carbocycles. The van der Waals surface area contributed by atoms with Crippen LogP contribution in [0.15, 0.2) is 29.8 Å². The van der Waals surface area contributed by atoms with Crippen LogP contribution in [0.4, 0.5) is 0 Å². The second-order valence-corrected chi connectivity index (χ2v) is 6.06. The van der Waals surface area contributed by atoms with E-state index in [1.807, 2.05) is 34.7 Å². The maximum absolute atomic E-state index is 12.3. The van der Waals surface area contributed by atoms with Crippen LogP contribution < -0.4 is 0 Å². The fourth-order valence-corrected chi connectivity index (χ4v) is 3.13. The van der Waals surface area contributed by atoms with Gasteiger partial charge in [-0.25, -0.2) is 0 Å². The Morgan fingerprint density at radius 1 is 1.52 bits per heavy atom. The largest absolute Gasteiger partial charge is 0.375 e. The summed E-state index contributed by atoms with van der Waals surface area (Å²) < 4.78 is 7.31. The Bertz CT molecular complexity index is 594. The summed E-state index contributed by atoms with van der Waals surface area (Å²) in [6.07, 6.45) is 2.97. The number of thiophene rings is 1. The predicted molar refractivity (Wildman–Crippen MR) is 82.2 cm³/mol. The van der Waals surface area contributed by atoms with Gasteiger partial charge in [-0.15, -0.1) is 11.3 Å². The van der Waals surface area contributed by atoms with Crippen LogP contribution in [0.2, 0.25) is 0 Å². The minimum absolute atomic E-state index is 0.109. The van der Waals surface area contributed by atoms with E-state index < -0.39 is 0 Å². The molecule has 2 aromatic heterocycles. The molecule has 112 valence electrons. The predicted octanol–water partition coefficient (Wildman–Crippen LogP) is 2.25. The van der Waals surface area contributed by atoms with Crippen LogP contribution in [0, 0.1) is 0 Å². The lowest BCUT2D eigenvalue weighted by Crippen LogP contribution is -2.46. The number of hydrogen-bond donors (Lipinski definition) is 0. The van der Waals surface area contributed by atoms with Gasteiger partial charge in [-0.05, 0) is 23.9 Å². The summed E-state index contributed by atoms with van der Waals surface area (Å²) >= 11 is 1.65. The zero-order chi connectivity index (χ0) is 14.7. The van der Waals surface area contributed by atoms with E-state index in [0.29, 0.717) is 26.2 Å². The summed E-state index contributed by atoms with van der Waals surface area (Å²) in [7, 11) is 0. The molecule has 3 rings (SSSR count). The standard InChI is InChI=1S/C15H19N3O2S/c1-2-12-10-17(7-8-20-12)15(19)11-18-6-5-13(16-18)14-4-3-9-21-14/h3-6,9,12H,2,7-8,10-11H2,1H3/t12-/m0/s1. The number of aromatic nitrogens is 2. The summed E-state index contributed by atoms with van der Waals surface area (Å²) in [5.74, 6) is 0.109. The first-order valence-electron chi connectivity index (χ1n) is 7.23. The molecule has 0 radical (unpaired) electrons. The minimum atomic E-state index is 0.109. The van der Waals surface area contributed by atoms with Crippen molar-refractivity contribution in [2.45, 2.75) is 26.0 Å². The van der Waals surface area contributed by atoms with Crippen LogP contribution >= 0.6 is 11.3 Å². The van der Waals surface area contributed by atoms with Crippen molar-refractivity contribution in [1.82, 2.24) is 14.7 Å². The van der Waals surface area contributed by atoms with Gasteiger partial charge in [0.15, 0.2) is 0 Å². The highest BCUT2D eigenvalue weighted by Crippen LogP contribution is 2.22. The highest BCUT2D eigenvalue weighted by atomic mass is 32.1. The second kappa shape index (κ2) is 6.41. The van der Waals surface area contributed by atoms with Gasteiger partial charge in [-0.1, -0.05) is 13.0 Å². The summed E-state index contributed by atoms with van der Waals surface area (Å²) in [6.45, 7) is 4.37. The smallest absolute Gasteiger partial charge is 0.244 e. The second-order valence-electron chi connectivity index (χ2n) is 5.12. The molecule has 3 heterocycles. The molecule has 1 aliphatic heterocycles. The molecule has 1 aliphatic rings. The van der Waals surface area contributed by atoms with Crippen LogP contribution in [0.25, 0.3) is 10.6 Å². The lowest BCUT2D eigenvalue weighted by Gasteiger charge is -2.32. The van der Waals surface area contributed by atoms with Crippen LogP contribution in [0.1, 0.15) is 13.3 Å². The van der Waals surface area contributed by atoms with E-state index in [0.717, 1.165) is 17.0 Å².